The SMILES string of the molecule is C=CC(=O)N(CCC(C)CC(C)(C)CN(C(=O)C=C)C(=O)OC(C)C)C(=O)OC(C)C. The van der Waals surface area contributed by atoms with E-state index in [-0.39, 0.29) is 31.2 Å². The maximum absolute atomic E-state index is 12.3. The van der Waals surface area contributed by atoms with Crippen LogP contribution < -0.4 is 0 Å². The van der Waals surface area contributed by atoms with Gasteiger partial charge in [0.05, 0.1) is 12.2 Å². The molecule has 0 fully saturated rings. The lowest BCUT2D eigenvalue weighted by Crippen LogP contribution is -2.44. The second-order valence-electron chi connectivity index (χ2n) is 8.95. The first-order valence-corrected chi connectivity index (χ1v) is 10.5. The van der Waals surface area contributed by atoms with Crippen molar-refractivity contribution < 1.29 is 28.7 Å². The van der Waals surface area contributed by atoms with Gasteiger partial charge in [-0.05, 0) is 64.0 Å². The Balaban J connectivity index is 5.13. The molecular formula is C23H38N2O6. The summed E-state index contributed by atoms with van der Waals surface area (Å²) in [6.45, 7) is 19.9. The fraction of sp³-hybridized carbons (Fsp3) is 0.652. The highest BCUT2D eigenvalue weighted by molar-refractivity contribution is 5.98. The molecule has 1 unspecified atom stereocenters. The lowest BCUT2D eigenvalue weighted by molar-refractivity contribution is -0.126. The number of ether oxygens (including phenoxy) is 2. The van der Waals surface area contributed by atoms with Gasteiger partial charge >= 0.3 is 12.2 Å². The molecule has 0 aromatic heterocycles. The average Bonchev–Trinajstić information content (AvgIpc) is 2.63. The van der Waals surface area contributed by atoms with Gasteiger partial charge in [0.1, 0.15) is 0 Å². The van der Waals surface area contributed by atoms with Crippen LogP contribution in [0.1, 0.15) is 61.3 Å². The smallest absolute Gasteiger partial charge is 0.417 e. The Morgan fingerprint density at radius 1 is 0.839 bits per heavy atom. The number of imide groups is 2. The highest BCUT2D eigenvalue weighted by Crippen LogP contribution is 2.29. The van der Waals surface area contributed by atoms with Crippen molar-refractivity contribution in [1.82, 2.24) is 9.80 Å². The molecule has 0 aromatic rings. The van der Waals surface area contributed by atoms with Gasteiger partial charge in [-0.15, -0.1) is 0 Å². The average molecular weight is 439 g/mol. The third kappa shape index (κ3) is 10.8. The maximum Gasteiger partial charge on any atom is 0.417 e. The van der Waals surface area contributed by atoms with Crippen LogP contribution in [-0.4, -0.2) is 59.1 Å². The predicted molar refractivity (Wildman–Crippen MR) is 119 cm³/mol. The van der Waals surface area contributed by atoms with Gasteiger partial charge in [-0.25, -0.2) is 19.4 Å². The summed E-state index contributed by atoms with van der Waals surface area (Å²) in [4.78, 5) is 50.9. The molecule has 0 saturated heterocycles. The molecule has 0 heterocycles. The summed E-state index contributed by atoms with van der Waals surface area (Å²) in [5, 5.41) is 0. The largest absolute Gasteiger partial charge is 0.446 e. The molecule has 0 spiro atoms. The zero-order valence-electron chi connectivity index (χ0n) is 20.0. The van der Waals surface area contributed by atoms with Crippen LogP contribution in [0.5, 0.6) is 0 Å². The zero-order valence-corrected chi connectivity index (χ0v) is 20.0. The molecular weight excluding hydrogens is 400 g/mol. The van der Waals surface area contributed by atoms with Gasteiger partial charge < -0.3 is 9.47 Å². The summed E-state index contributed by atoms with van der Waals surface area (Å²) < 4.78 is 10.3. The molecule has 4 amide bonds. The molecule has 0 rings (SSSR count). The number of nitrogens with zero attached hydrogens (tertiary/aromatic N) is 2. The minimum Gasteiger partial charge on any atom is -0.446 e. The molecule has 8 nitrogen and oxygen atoms in total. The van der Waals surface area contributed by atoms with Crippen LogP contribution in [0.3, 0.4) is 0 Å². The second kappa shape index (κ2) is 12.9. The molecule has 176 valence electrons. The van der Waals surface area contributed by atoms with Crippen LogP contribution >= 0.6 is 0 Å². The van der Waals surface area contributed by atoms with E-state index in [1.807, 2.05) is 20.8 Å². The summed E-state index contributed by atoms with van der Waals surface area (Å²) in [6, 6.07) is 0. The Kier molecular flexibility index (Phi) is 11.8. The van der Waals surface area contributed by atoms with Crippen molar-refractivity contribution in [3.63, 3.8) is 0 Å². The maximum atomic E-state index is 12.3. The minimum atomic E-state index is -0.709. The first-order valence-electron chi connectivity index (χ1n) is 10.5. The van der Waals surface area contributed by atoms with Crippen LogP contribution in [0.25, 0.3) is 0 Å². The number of amides is 4. The number of hydrogen-bond acceptors (Lipinski definition) is 6. The van der Waals surface area contributed by atoms with E-state index in [9.17, 15) is 19.2 Å². The van der Waals surface area contributed by atoms with Crippen molar-refractivity contribution in [2.45, 2.75) is 73.5 Å². The lowest BCUT2D eigenvalue weighted by Gasteiger charge is -2.33. The van der Waals surface area contributed by atoms with Crippen molar-refractivity contribution in [2.75, 3.05) is 13.1 Å². The molecule has 1 atom stereocenters. The fourth-order valence-corrected chi connectivity index (χ4v) is 3.16. The van der Waals surface area contributed by atoms with Gasteiger partial charge in [0.15, 0.2) is 0 Å². The van der Waals surface area contributed by atoms with Gasteiger partial charge in [0.2, 0.25) is 0 Å². The van der Waals surface area contributed by atoms with Gasteiger partial charge in [0.25, 0.3) is 11.8 Å². The molecule has 31 heavy (non-hydrogen) atoms. The van der Waals surface area contributed by atoms with Crippen LogP contribution in [0, 0.1) is 11.3 Å². The standard InChI is InChI=1S/C23H38N2O6/c1-10-19(26)24(21(28)30-16(3)4)13-12-18(7)14-23(8,9)15-25(20(27)11-2)22(29)31-17(5)6/h10-11,16-18H,1-2,12-15H2,3-9H3. The normalized spacial score (nSPS) is 12.2. The van der Waals surface area contributed by atoms with Crippen molar-refractivity contribution in [3.8, 4) is 0 Å². The Hall–Kier alpha value is -2.64. The van der Waals surface area contributed by atoms with E-state index in [2.05, 4.69) is 13.2 Å². The van der Waals surface area contributed by atoms with E-state index in [1.165, 1.54) is 0 Å². The van der Waals surface area contributed by atoms with Crippen molar-refractivity contribution >= 4 is 24.0 Å². The zero-order chi connectivity index (χ0) is 24.4. The topological polar surface area (TPSA) is 93.2 Å². The van der Waals surface area contributed by atoms with Gasteiger partial charge in [-0.3, -0.25) is 9.59 Å². The summed E-state index contributed by atoms with van der Waals surface area (Å²) in [5.74, 6) is -0.953. The van der Waals surface area contributed by atoms with Crippen molar-refractivity contribution in [2.24, 2.45) is 11.3 Å². The molecule has 0 bridgehead atoms. The lowest BCUT2D eigenvalue weighted by atomic mass is 9.81. The van der Waals surface area contributed by atoms with Gasteiger partial charge in [-0.1, -0.05) is 33.9 Å². The molecule has 0 saturated carbocycles. The number of carbonyl (C=O) groups excluding carboxylic acids is 4. The van der Waals surface area contributed by atoms with Gasteiger partial charge in [0, 0.05) is 13.1 Å². The number of carbonyl (C=O) groups is 4. The van der Waals surface area contributed by atoms with E-state index >= 15 is 0 Å². The minimum absolute atomic E-state index is 0.0868. The number of hydrogen-bond donors (Lipinski definition) is 0. The highest BCUT2D eigenvalue weighted by atomic mass is 16.6. The van der Waals surface area contributed by atoms with E-state index in [0.717, 1.165) is 22.0 Å². The fourth-order valence-electron chi connectivity index (χ4n) is 3.16. The molecule has 0 aliphatic rings. The Labute approximate surface area is 186 Å². The van der Waals surface area contributed by atoms with Crippen LogP contribution in [0.4, 0.5) is 9.59 Å². The summed E-state index contributed by atoms with van der Waals surface area (Å²) in [6.07, 6.45) is 1.22. The van der Waals surface area contributed by atoms with E-state index in [4.69, 9.17) is 9.47 Å². The van der Waals surface area contributed by atoms with E-state index in [0.29, 0.717) is 12.8 Å². The van der Waals surface area contributed by atoms with Crippen LogP contribution in [-0.2, 0) is 19.1 Å². The molecule has 0 N–H and O–H groups in total. The van der Waals surface area contributed by atoms with Crippen molar-refractivity contribution in [3.05, 3.63) is 25.3 Å². The Bertz CT molecular complexity index is 669. The molecule has 0 aliphatic heterocycles. The first kappa shape index (κ1) is 28.4. The van der Waals surface area contributed by atoms with Gasteiger partial charge in [-0.2, -0.15) is 0 Å². The number of rotatable bonds is 11. The highest BCUT2D eigenvalue weighted by Gasteiger charge is 2.31. The van der Waals surface area contributed by atoms with E-state index in [1.54, 1.807) is 27.7 Å². The monoisotopic (exact) mass is 438 g/mol. The van der Waals surface area contributed by atoms with Crippen LogP contribution in [0.15, 0.2) is 25.3 Å². The molecule has 0 aromatic carbocycles. The predicted octanol–water partition coefficient (Wildman–Crippen LogP) is 4.55. The Morgan fingerprint density at radius 2 is 1.26 bits per heavy atom. The molecule has 0 aliphatic carbocycles. The van der Waals surface area contributed by atoms with Crippen molar-refractivity contribution in [1.29, 1.82) is 0 Å². The van der Waals surface area contributed by atoms with Crippen LogP contribution in [0.2, 0.25) is 0 Å². The van der Waals surface area contributed by atoms with E-state index < -0.39 is 29.4 Å². The quantitative estimate of drug-likeness (QED) is 0.439. The first-order chi connectivity index (χ1) is 14.2. The second-order valence-corrected chi connectivity index (χ2v) is 8.95. The summed E-state index contributed by atoms with van der Waals surface area (Å²) in [7, 11) is 0. The summed E-state index contributed by atoms with van der Waals surface area (Å²) >= 11 is 0. The molecule has 8 heteroatoms. The third-order valence-electron chi connectivity index (χ3n) is 4.33. The summed E-state index contributed by atoms with van der Waals surface area (Å²) in [5.41, 5.74) is -0.431. The third-order valence-corrected chi connectivity index (χ3v) is 4.33. The Morgan fingerprint density at radius 3 is 1.68 bits per heavy atom. The molecule has 0 radical (unpaired) electrons.